The van der Waals surface area contributed by atoms with E-state index in [2.05, 4.69) is 10.3 Å². The molecule has 1 aliphatic heterocycles. The number of hydrogen-bond donors (Lipinski definition) is 1. The molecule has 0 spiro atoms. The van der Waals surface area contributed by atoms with Gasteiger partial charge in [-0.15, -0.1) is 0 Å². The molecule has 0 bridgehead atoms. The van der Waals surface area contributed by atoms with Gasteiger partial charge in [-0.05, 0) is 12.5 Å². The molecule has 9 heteroatoms. The van der Waals surface area contributed by atoms with Gasteiger partial charge in [0.2, 0.25) is 0 Å². The highest BCUT2D eigenvalue weighted by molar-refractivity contribution is 7.89. The fraction of sp³-hybridized carbons (Fsp3) is 0.412. The standard InChI is InChI=1S/C17H22N4O4S/c1-3-25-17(22)19-15-10-21(9-14(15)13-7-5-4-6-8-13)26(23,24)16-11-20(2)12-18-16/h4-8,11-12,14-15H,3,9-10H2,1-2H3,(H,19,22)/t14-,15+/m1/s1. The van der Waals surface area contributed by atoms with Crippen molar-refractivity contribution in [2.75, 3.05) is 19.7 Å². The normalized spacial score (nSPS) is 20.8. The summed E-state index contributed by atoms with van der Waals surface area (Å²) in [5.74, 6) is -0.168. The van der Waals surface area contributed by atoms with Gasteiger partial charge >= 0.3 is 6.09 Å². The lowest BCUT2D eigenvalue weighted by Crippen LogP contribution is -2.40. The molecule has 0 saturated carbocycles. The van der Waals surface area contributed by atoms with Crippen molar-refractivity contribution in [1.82, 2.24) is 19.2 Å². The number of alkyl carbamates (subject to hydrolysis) is 1. The molecule has 1 saturated heterocycles. The number of amides is 1. The zero-order chi connectivity index (χ0) is 18.7. The summed E-state index contributed by atoms with van der Waals surface area (Å²) < 4.78 is 33.7. The van der Waals surface area contributed by atoms with Crippen LogP contribution in [0.25, 0.3) is 0 Å². The first-order chi connectivity index (χ1) is 12.4. The number of aromatic nitrogens is 2. The summed E-state index contributed by atoms with van der Waals surface area (Å²) in [7, 11) is -2.01. The number of nitrogens with one attached hydrogen (secondary N) is 1. The third-order valence-corrected chi connectivity index (χ3v) is 6.10. The molecule has 3 rings (SSSR count). The number of nitrogens with zero attached hydrogens (tertiary/aromatic N) is 3. The maximum atomic E-state index is 12.9. The zero-order valence-corrected chi connectivity index (χ0v) is 15.5. The first-order valence-electron chi connectivity index (χ1n) is 8.38. The molecular weight excluding hydrogens is 356 g/mol. The molecule has 1 aromatic carbocycles. The van der Waals surface area contributed by atoms with Crippen LogP contribution in [0.1, 0.15) is 18.4 Å². The van der Waals surface area contributed by atoms with E-state index < -0.39 is 16.1 Å². The fourth-order valence-electron chi connectivity index (χ4n) is 3.13. The van der Waals surface area contributed by atoms with Crippen LogP contribution >= 0.6 is 0 Å². The van der Waals surface area contributed by atoms with Gasteiger partial charge in [0, 0.05) is 32.3 Å². The van der Waals surface area contributed by atoms with Crippen LogP contribution in [-0.2, 0) is 21.8 Å². The number of carbonyl (C=O) groups excluding carboxylic acids is 1. The third-order valence-electron chi connectivity index (χ3n) is 4.38. The number of ether oxygens (including phenoxy) is 1. The monoisotopic (exact) mass is 378 g/mol. The van der Waals surface area contributed by atoms with Crippen molar-refractivity contribution in [3.05, 3.63) is 48.4 Å². The summed E-state index contributed by atoms with van der Waals surface area (Å²) in [6.45, 7) is 2.41. The lowest BCUT2D eigenvalue weighted by atomic mass is 9.94. The SMILES string of the molecule is CCOC(=O)N[C@H]1CN(S(=O)(=O)c2cn(C)cn2)C[C@@H]1c1ccccc1. The molecule has 1 aromatic heterocycles. The molecule has 2 heterocycles. The van der Waals surface area contributed by atoms with Crippen molar-refractivity contribution in [1.29, 1.82) is 0 Å². The summed E-state index contributed by atoms with van der Waals surface area (Å²) in [6.07, 6.45) is 2.38. The second kappa shape index (κ2) is 7.46. The first-order valence-corrected chi connectivity index (χ1v) is 9.82. The number of rotatable bonds is 5. The summed E-state index contributed by atoms with van der Waals surface area (Å²) in [6, 6.07) is 9.17. The Balaban J connectivity index is 1.87. The Kier molecular flexibility index (Phi) is 5.28. The molecular formula is C17H22N4O4S. The fourth-order valence-corrected chi connectivity index (χ4v) is 4.58. The minimum absolute atomic E-state index is 0.00333. The minimum atomic E-state index is -3.73. The molecule has 1 fully saturated rings. The van der Waals surface area contributed by atoms with Crippen molar-refractivity contribution in [2.24, 2.45) is 7.05 Å². The molecule has 1 aliphatic rings. The van der Waals surface area contributed by atoms with Crippen LogP contribution in [-0.4, -0.2) is 54.1 Å². The molecule has 0 unspecified atom stereocenters. The Hall–Kier alpha value is -2.39. The molecule has 2 aromatic rings. The number of hydrogen-bond acceptors (Lipinski definition) is 5. The third kappa shape index (κ3) is 3.73. The highest BCUT2D eigenvalue weighted by Crippen LogP contribution is 2.31. The number of carbonyl (C=O) groups is 1. The summed E-state index contributed by atoms with van der Waals surface area (Å²) >= 11 is 0. The van der Waals surface area contributed by atoms with Gasteiger partial charge < -0.3 is 14.6 Å². The van der Waals surface area contributed by atoms with Crippen LogP contribution in [0.2, 0.25) is 0 Å². The van der Waals surface area contributed by atoms with Crippen LogP contribution in [0, 0.1) is 0 Å². The number of aryl methyl sites for hydroxylation is 1. The van der Waals surface area contributed by atoms with Crippen LogP contribution in [0.15, 0.2) is 47.9 Å². The lowest BCUT2D eigenvalue weighted by Gasteiger charge is -2.19. The number of imidazole rings is 1. The van der Waals surface area contributed by atoms with E-state index in [1.807, 2.05) is 30.3 Å². The van der Waals surface area contributed by atoms with Crippen molar-refractivity contribution in [2.45, 2.75) is 23.9 Å². The van der Waals surface area contributed by atoms with Gasteiger partial charge in [0.05, 0.1) is 19.0 Å². The largest absolute Gasteiger partial charge is 0.450 e. The Labute approximate surface area is 152 Å². The van der Waals surface area contributed by atoms with E-state index in [1.165, 1.54) is 16.8 Å². The molecule has 0 radical (unpaired) electrons. The summed E-state index contributed by atoms with van der Waals surface area (Å²) in [5.41, 5.74) is 0.966. The van der Waals surface area contributed by atoms with Gasteiger partial charge in [0.25, 0.3) is 10.0 Å². The highest BCUT2D eigenvalue weighted by atomic mass is 32.2. The van der Waals surface area contributed by atoms with E-state index in [1.54, 1.807) is 18.5 Å². The van der Waals surface area contributed by atoms with E-state index in [-0.39, 0.29) is 36.7 Å². The molecule has 2 atom stereocenters. The van der Waals surface area contributed by atoms with Gasteiger partial charge in [-0.3, -0.25) is 0 Å². The van der Waals surface area contributed by atoms with Gasteiger partial charge in [-0.1, -0.05) is 30.3 Å². The maximum absolute atomic E-state index is 12.9. The Bertz CT molecular complexity index is 866. The quantitative estimate of drug-likeness (QED) is 0.847. The number of benzene rings is 1. The molecule has 140 valence electrons. The van der Waals surface area contributed by atoms with Crippen molar-refractivity contribution in [3.8, 4) is 0 Å². The first kappa shape index (κ1) is 18.4. The average Bonchev–Trinajstić information content (AvgIpc) is 3.23. The minimum Gasteiger partial charge on any atom is -0.450 e. The molecule has 8 nitrogen and oxygen atoms in total. The second-order valence-electron chi connectivity index (χ2n) is 6.19. The predicted molar refractivity (Wildman–Crippen MR) is 95.1 cm³/mol. The van der Waals surface area contributed by atoms with E-state index in [0.717, 1.165) is 5.56 Å². The average molecular weight is 378 g/mol. The van der Waals surface area contributed by atoms with Crippen LogP contribution < -0.4 is 5.32 Å². The second-order valence-corrected chi connectivity index (χ2v) is 8.07. The van der Waals surface area contributed by atoms with E-state index >= 15 is 0 Å². The number of sulfonamides is 1. The topological polar surface area (TPSA) is 93.5 Å². The van der Waals surface area contributed by atoms with Gasteiger partial charge in [0.15, 0.2) is 5.03 Å². The van der Waals surface area contributed by atoms with Gasteiger partial charge in [0.1, 0.15) is 0 Å². The van der Waals surface area contributed by atoms with Gasteiger partial charge in [-0.2, -0.15) is 4.31 Å². The van der Waals surface area contributed by atoms with E-state index in [0.29, 0.717) is 0 Å². The van der Waals surface area contributed by atoms with E-state index in [4.69, 9.17) is 4.74 Å². The molecule has 1 amide bonds. The molecule has 1 N–H and O–H groups in total. The Morgan fingerprint density at radius 2 is 2.04 bits per heavy atom. The maximum Gasteiger partial charge on any atom is 0.407 e. The van der Waals surface area contributed by atoms with Crippen molar-refractivity contribution < 1.29 is 17.9 Å². The Morgan fingerprint density at radius 3 is 2.65 bits per heavy atom. The van der Waals surface area contributed by atoms with Crippen molar-refractivity contribution in [3.63, 3.8) is 0 Å². The summed E-state index contributed by atoms with van der Waals surface area (Å²) in [5, 5.41) is 2.80. The van der Waals surface area contributed by atoms with Crippen LogP contribution in [0.5, 0.6) is 0 Å². The smallest absolute Gasteiger partial charge is 0.407 e. The predicted octanol–water partition coefficient (Wildman–Crippen LogP) is 1.32. The van der Waals surface area contributed by atoms with Crippen LogP contribution in [0.3, 0.4) is 0 Å². The molecule has 26 heavy (non-hydrogen) atoms. The zero-order valence-electron chi connectivity index (χ0n) is 14.7. The molecule has 0 aliphatic carbocycles. The summed E-state index contributed by atoms with van der Waals surface area (Å²) in [4.78, 5) is 15.9. The Morgan fingerprint density at radius 1 is 1.31 bits per heavy atom. The van der Waals surface area contributed by atoms with Crippen LogP contribution in [0.4, 0.5) is 4.79 Å². The lowest BCUT2D eigenvalue weighted by molar-refractivity contribution is 0.147. The van der Waals surface area contributed by atoms with Crippen molar-refractivity contribution >= 4 is 16.1 Å². The van der Waals surface area contributed by atoms with E-state index in [9.17, 15) is 13.2 Å². The van der Waals surface area contributed by atoms with Gasteiger partial charge in [-0.25, -0.2) is 18.2 Å². The highest BCUT2D eigenvalue weighted by Gasteiger charge is 2.41.